The molecule has 3 nitrogen and oxygen atoms in total. The summed E-state index contributed by atoms with van der Waals surface area (Å²) < 4.78 is 0. The zero-order chi connectivity index (χ0) is 14.8. The highest BCUT2D eigenvalue weighted by molar-refractivity contribution is 5.51. The summed E-state index contributed by atoms with van der Waals surface area (Å²) in [5, 5.41) is 0. The SMILES string of the molecule is Cc1ccccc1CN(C)c1nc2c(cc1CN)CCC2. The molecule has 0 spiro atoms. The van der Waals surface area contributed by atoms with Crippen LogP contribution in [0, 0.1) is 6.92 Å². The number of rotatable bonds is 4. The van der Waals surface area contributed by atoms with E-state index in [4.69, 9.17) is 10.7 Å². The quantitative estimate of drug-likeness (QED) is 0.937. The highest BCUT2D eigenvalue weighted by Gasteiger charge is 2.18. The molecule has 0 aliphatic heterocycles. The standard InChI is InChI=1S/C18H23N3/c1-13-6-3-4-7-15(13)12-21(2)18-16(11-19)10-14-8-5-9-17(14)20-18/h3-4,6-7,10H,5,8-9,11-12,19H2,1-2H3. The van der Waals surface area contributed by atoms with Gasteiger partial charge in [-0.2, -0.15) is 0 Å². The van der Waals surface area contributed by atoms with Crippen molar-refractivity contribution in [2.45, 2.75) is 39.3 Å². The van der Waals surface area contributed by atoms with Crippen molar-refractivity contribution in [3.8, 4) is 0 Å². The molecule has 1 aromatic carbocycles. The third kappa shape index (κ3) is 2.79. The van der Waals surface area contributed by atoms with Gasteiger partial charge in [0.2, 0.25) is 0 Å². The van der Waals surface area contributed by atoms with Gasteiger partial charge in [-0.05, 0) is 48.9 Å². The second-order valence-electron chi connectivity index (χ2n) is 5.92. The normalized spacial score (nSPS) is 13.3. The molecule has 0 bridgehead atoms. The minimum absolute atomic E-state index is 0.549. The van der Waals surface area contributed by atoms with Crippen LogP contribution in [0.2, 0.25) is 0 Å². The summed E-state index contributed by atoms with van der Waals surface area (Å²) in [7, 11) is 2.11. The third-order valence-corrected chi connectivity index (χ3v) is 4.36. The zero-order valence-corrected chi connectivity index (χ0v) is 12.9. The van der Waals surface area contributed by atoms with Gasteiger partial charge in [0.05, 0.1) is 0 Å². The van der Waals surface area contributed by atoms with Crippen molar-refractivity contribution < 1.29 is 0 Å². The van der Waals surface area contributed by atoms with Crippen molar-refractivity contribution in [2.75, 3.05) is 11.9 Å². The van der Waals surface area contributed by atoms with Crippen molar-refractivity contribution in [1.82, 2.24) is 4.98 Å². The van der Waals surface area contributed by atoms with Crippen molar-refractivity contribution in [3.05, 3.63) is 58.3 Å². The fourth-order valence-electron chi connectivity index (χ4n) is 3.11. The molecule has 1 heterocycles. The molecule has 0 saturated carbocycles. The fraction of sp³-hybridized carbons (Fsp3) is 0.389. The Hall–Kier alpha value is -1.87. The van der Waals surface area contributed by atoms with Crippen LogP contribution in [-0.4, -0.2) is 12.0 Å². The average molecular weight is 281 g/mol. The summed E-state index contributed by atoms with van der Waals surface area (Å²) >= 11 is 0. The summed E-state index contributed by atoms with van der Waals surface area (Å²) in [5.74, 6) is 1.04. The maximum Gasteiger partial charge on any atom is 0.133 e. The number of nitrogens with two attached hydrogens (primary N) is 1. The summed E-state index contributed by atoms with van der Waals surface area (Å²) in [6.07, 6.45) is 3.47. The highest BCUT2D eigenvalue weighted by Crippen LogP contribution is 2.27. The molecule has 2 N–H and O–H groups in total. The Balaban J connectivity index is 1.91. The van der Waals surface area contributed by atoms with E-state index in [-0.39, 0.29) is 0 Å². The van der Waals surface area contributed by atoms with Crippen LogP contribution in [0.3, 0.4) is 0 Å². The number of hydrogen-bond donors (Lipinski definition) is 1. The van der Waals surface area contributed by atoms with Crippen molar-refractivity contribution in [2.24, 2.45) is 5.73 Å². The first-order valence-electron chi connectivity index (χ1n) is 7.66. The van der Waals surface area contributed by atoms with Gasteiger partial charge in [-0.1, -0.05) is 24.3 Å². The number of hydrogen-bond acceptors (Lipinski definition) is 3. The number of pyridine rings is 1. The Labute approximate surface area is 126 Å². The monoisotopic (exact) mass is 281 g/mol. The smallest absolute Gasteiger partial charge is 0.133 e. The molecule has 0 amide bonds. The first kappa shape index (κ1) is 14.1. The molecule has 0 unspecified atom stereocenters. The van der Waals surface area contributed by atoms with Crippen LogP contribution in [0.5, 0.6) is 0 Å². The van der Waals surface area contributed by atoms with Crippen molar-refractivity contribution in [3.63, 3.8) is 0 Å². The molecule has 2 aromatic rings. The molecule has 1 aromatic heterocycles. The molecule has 1 aliphatic carbocycles. The fourth-order valence-corrected chi connectivity index (χ4v) is 3.11. The Kier molecular flexibility index (Phi) is 3.93. The average Bonchev–Trinajstić information content (AvgIpc) is 2.95. The lowest BCUT2D eigenvalue weighted by molar-refractivity contribution is 0.855. The van der Waals surface area contributed by atoms with Crippen LogP contribution in [0.25, 0.3) is 0 Å². The first-order valence-corrected chi connectivity index (χ1v) is 7.66. The number of aryl methyl sites for hydroxylation is 3. The second kappa shape index (κ2) is 5.86. The maximum atomic E-state index is 5.94. The number of anilines is 1. The van der Waals surface area contributed by atoms with Crippen molar-refractivity contribution in [1.29, 1.82) is 0 Å². The number of fused-ring (bicyclic) bond motifs is 1. The predicted molar refractivity (Wildman–Crippen MR) is 87.4 cm³/mol. The minimum atomic E-state index is 0.549. The highest BCUT2D eigenvalue weighted by atomic mass is 15.2. The second-order valence-corrected chi connectivity index (χ2v) is 5.92. The first-order chi connectivity index (χ1) is 10.2. The lowest BCUT2D eigenvalue weighted by Crippen LogP contribution is -2.21. The van der Waals surface area contributed by atoms with Gasteiger partial charge in [0.15, 0.2) is 0 Å². The van der Waals surface area contributed by atoms with Crippen molar-refractivity contribution >= 4 is 5.82 Å². The maximum absolute atomic E-state index is 5.94. The lowest BCUT2D eigenvalue weighted by Gasteiger charge is -2.23. The molecular formula is C18H23N3. The number of benzene rings is 1. The van der Waals surface area contributed by atoms with Gasteiger partial charge in [-0.3, -0.25) is 0 Å². The number of aromatic nitrogens is 1. The lowest BCUT2D eigenvalue weighted by atomic mass is 10.1. The molecule has 0 fully saturated rings. The third-order valence-electron chi connectivity index (χ3n) is 4.36. The van der Waals surface area contributed by atoms with Gasteiger partial charge < -0.3 is 10.6 Å². The molecule has 0 atom stereocenters. The molecular weight excluding hydrogens is 258 g/mol. The van der Waals surface area contributed by atoms with Crippen LogP contribution < -0.4 is 10.6 Å². The van der Waals surface area contributed by atoms with Gasteiger partial charge in [0, 0.05) is 31.4 Å². The van der Waals surface area contributed by atoms with E-state index in [1.807, 2.05) is 0 Å². The van der Waals surface area contributed by atoms with Crippen LogP contribution in [0.15, 0.2) is 30.3 Å². The molecule has 3 heteroatoms. The predicted octanol–water partition coefficient (Wildman–Crippen LogP) is 2.97. The van der Waals surface area contributed by atoms with Gasteiger partial charge in [0.25, 0.3) is 0 Å². The summed E-state index contributed by atoms with van der Waals surface area (Å²) in [6, 6.07) is 10.8. The Morgan fingerprint density at radius 2 is 2.00 bits per heavy atom. The largest absolute Gasteiger partial charge is 0.355 e. The topological polar surface area (TPSA) is 42.2 Å². The molecule has 21 heavy (non-hydrogen) atoms. The van der Waals surface area contributed by atoms with E-state index < -0.39 is 0 Å². The summed E-state index contributed by atoms with van der Waals surface area (Å²) in [5.41, 5.74) is 12.4. The van der Waals surface area contributed by atoms with E-state index in [2.05, 4.69) is 49.2 Å². The van der Waals surface area contributed by atoms with Crippen LogP contribution in [0.4, 0.5) is 5.82 Å². The molecule has 1 aliphatic rings. The van der Waals surface area contributed by atoms with Gasteiger partial charge in [0.1, 0.15) is 5.82 Å². The zero-order valence-electron chi connectivity index (χ0n) is 12.9. The summed E-state index contributed by atoms with van der Waals surface area (Å²) in [6.45, 7) is 3.57. The molecule has 3 rings (SSSR count). The van der Waals surface area contributed by atoms with Crippen LogP contribution >= 0.6 is 0 Å². The van der Waals surface area contributed by atoms with Gasteiger partial charge in [-0.15, -0.1) is 0 Å². The molecule has 110 valence electrons. The summed E-state index contributed by atoms with van der Waals surface area (Å²) in [4.78, 5) is 7.12. The van der Waals surface area contributed by atoms with E-state index in [1.54, 1.807) is 0 Å². The van der Waals surface area contributed by atoms with E-state index in [1.165, 1.54) is 28.8 Å². The molecule has 0 saturated heterocycles. The van der Waals surface area contributed by atoms with Crippen LogP contribution in [-0.2, 0) is 25.9 Å². The minimum Gasteiger partial charge on any atom is -0.355 e. The van der Waals surface area contributed by atoms with E-state index in [0.29, 0.717) is 6.54 Å². The van der Waals surface area contributed by atoms with Gasteiger partial charge >= 0.3 is 0 Å². The van der Waals surface area contributed by atoms with E-state index in [9.17, 15) is 0 Å². The van der Waals surface area contributed by atoms with E-state index >= 15 is 0 Å². The van der Waals surface area contributed by atoms with Crippen LogP contribution in [0.1, 0.15) is 34.4 Å². The number of nitrogens with zero attached hydrogens (tertiary/aromatic N) is 2. The Morgan fingerprint density at radius 3 is 2.76 bits per heavy atom. The van der Waals surface area contributed by atoms with Gasteiger partial charge in [-0.25, -0.2) is 4.98 Å². The van der Waals surface area contributed by atoms with E-state index in [0.717, 1.165) is 30.8 Å². The Morgan fingerprint density at radius 1 is 1.19 bits per heavy atom. The Bertz CT molecular complexity index is 649. The molecule has 0 radical (unpaired) electrons.